The predicted octanol–water partition coefficient (Wildman–Crippen LogP) is -5.18. The summed E-state index contributed by atoms with van der Waals surface area (Å²) in [6.45, 7) is -1.24. The van der Waals surface area contributed by atoms with Crippen molar-refractivity contribution in [2.75, 3.05) is 13.2 Å². The average molecular weight is 194 g/mol. The van der Waals surface area contributed by atoms with E-state index in [9.17, 15) is 9.46 Å². The van der Waals surface area contributed by atoms with Gasteiger partial charge in [0.05, 0.1) is 13.2 Å². The zero-order valence-electron chi connectivity index (χ0n) is 6.01. The smallest absolute Gasteiger partial charge is 0.756 e. The minimum absolute atomic E-state index is 0. The summed E-state index contributed by atoms with van der Waals surface area (Å²) >= 11 is 0. The van der Waals surface area contributed by atoms with E-state index in [1.54, 1.807) is 0 Å². The predicted molar refractivity (Wildman–Crippen MR) is 28.9 cm³/mol. The van der Waals surface area contributed by atoms with Gasteiger partial charge in [0, 0.05) is 0 Å². The molecule has 0 aromatic carbocycles. The third-order valence-corrected chi connectivity index (χ3v) is 1.12. The molecule has 2 unspecified atom stereocenters. The summed E-state index contributed by atoms with van der Waals surface area (Å²) in [6.07, 6.45) is -1.28. The molecule has 8 heteroatoms. The van der Waals surface area contributed by atoms with E-state index in [1.807, 2.05) is 0 Å². The van der Waals surface area contributed by atoms with Crippen LogP contribution < -0.4 is 34.5 Å². The van der Waals surface area contributed by atoms with Crippen molar-refractivity contribution in [1.82, 2.24) is 0 Å². The van der Waals surface area contributed by atoms with Gasteiger partial charge >= 0.3 is 29.6 Å². The molecule has 0 radical (unpaired) electrons. The van der Waals surface area contributed by atoms with Crippen molar-refractivity contribution in [3.8, 4) is 0 Å². The number of phosphoric ester groups is 1. The molecule has 3 N–H and O–H groups in total. The maximum atomic E-state index is 9.82. The summed E-state index contributed by atoms with van der Waals surface area (Å²) in [5.74, 6) is 0. The Bertz CT molecular complexity index is 134. The Morgan fingerprint density at radius 1 is 1.64 bits per heavy atom. The number of hydrogen-bond acceptors (Lipinski definition) is 5. The summed E-state index contributed by atoms with van der Waals surface area (Å²) in [7, 11) is -4.75. The molecule has 0 fully saturated rings. The van der Waals surface area contributed by atoms with Crippen LogP contribution in [-0.2, 0) is 9.09 Å². The fourth-order valence-electron chi connectivity index (χ4n) is 0.233. The van der Waals surface area contributed by atoms with Crippen molar-refractivity contribution in [1.29, 1.82) is 0 Å². The van der Waals surface area contributed by atoms with Crippen molar-refractivity contribution in [2.24, 2.45) is 0 Å². The standard InChI is InChI=1S/C3H9O6P.Na/c4-1-3(5)2-9-10(6,7)8;/h3-5H,1-2H2,(H2,6,7,8);/q;+1/p-1. The van der Waals surface area contributed by atoms with E-state index < -0.39 is 27.1 Å². The maximum Gasteiger partial charge on any atom is 1.00 e. The second-order valence-corrected chi connectivity index (χ2v) is 2.80. The first-order valence-corrected chi connectivity index (χ1v) is 3.92. The molecule has 0 aromatic heterocycles. The molecule has 0 aromatic rings. The molecule has 0 saturated carbocycles. The fraction of sp³-hybridized carbons (Fsp3) is 1.00. The zero-order valence-corrected chi connectivity index (χ0v) is 8.90. The minimum Gasteiger partial charge on any atom is -0.756 e. The normalized spacial score (nSPS) is 18.2. The van der Waals surface area contributed by atoms with E-state index in [-0.39, 0.29) is 29.6 Å². The molecule has 0 aliphatic carbocycles. The van der Waals surface area contributed by atoms with Gasteiger partial charge in [0.1, 0.15) is 6.10 Å². The summed E-state index contributed by atoms with van der Waals surface area (Å²) < 4.78 is 13.5. The van der Waals surface area contributed by atoms with Gasteiger partial charge in [0.15, 0.2) is 0 Å². The molecule has 11 heavy (non-hydrogen) atoms. The summed E-state index contributed by atoms with van der Waals surface area (Å²) in [6, 6.07) is 0. The fourth-order valence-corrected chi connectivity index (χ4v) is 0.593. The van der Waals surface area contributed by atoms with Crippen molar-refractivity contribution >= 4 is 7.82 Å². The number of rotatable bonds is 4. The number of hydrogen-bond donors (Lipinski definition) is 3. The van der Waals surface area contributed by atoms with Crippen molar-refractivity contribution in [3.63, 3.8) is 0 Å². The molecule has 0 heterocycles. The number of aliphatic hydroxyl groups excluding tert-OH is 2. The quantitative estimate of drug-likeness (QED) is 0.305. The minimum atomic E-state index is -4.75. The number of aliphatic hydroxyl groups is 2. The first kappa shape index (κ1) is 14.5. The van der Waals surface area contributed by atoms with Crippen LogP contribution in [0.5, 0.6) is 0 Å². The Morgan fingerprint density at radius 3 is 2.36 bits per heavy atom. The zero-order chi connectivity index (χ0) is 8.20. The van der Waals surface area contributed by atoms with Gasteiger partial charge in [-0.3, -0.25) is 4.57 Å². The van der Waals surface area contributed by atoms with Gasteiger partial charge in [-0.15, -0.1) is 0 Å². The average Bonchev–Trinajstić information content (AvgIpc) is 1.81. The first-order chi connectivity index (χ1) is 4.45. The van der Waals surface area contributed by atoms with Crippen LogP contribution in [0, 0.1) is 0 Å². The molecule has 0 bridgehead atoms. The van der Waals surface area contributed by atoms with Gasteiger partial charge in [0.2, 0.25) is 0 Å². The maximum absolute atomic E-state index is 9.82. The third-order valence-electron chi connectivity index (χ3n) is 0.641. The van der Waals surface area contributed by atoms with Crippen LogP contribution in [-0.4, -0.2) is 34.4 Å². The van der Waals surface area contributed by atoms with Crippen molar-refractivity contribution in [2.45, 2.75) is 6.10 Å². The SMILES string of the molecule is O=P([O-])(O)OCC(O)CO.[Na+]. The monoisotopic (exact) mass is 194 g/mol. The summed E-state index contributed by atoms with van der Waals surface area (Å²) in [4.78, 5) is 17.8. The van der Waals surface area contributed by atoms with Crippen LogP contribution >= 0.6 is 7.82 Å². The van der Waals surface area contributed by atoms with Gasteiger partial charge in [-0.05, 0) is 0 Å². The Kier molecular flexibility index (Phi) is 8.64. The Balaban J connectivity index is 0. The van der Waals surface area contributed by atoms with Gasteiger partial charge in [-0.1, -0.05) is 0 Å². The van der Waals surface area contributed by atoms with Crippen LogP contribution in [0.4, 0.5) is 0 Å². The van der Waals surface area contributed by atoms with Crippen LogP contribution in [0.15, 0.2) is 0 Å². The van der Waals surface area contributed by atoms with Gasteiger partial charge in [0.25, 0.3) is 7.82 Å². The van der Waals surface area contributed by atoms with Gasteiger partial charge < -0.3 is 24.5 Å². The molecular formula is C3H8NaO6P. The molecule has 0 aliphatic rings. The largest absolute Gasteiger partial charge is 1.00 e. The summed E-state index contributed by atoms with van der Waals surface area (Å²) in [5.41, 5.74) is 0. The molecule has 62 valence electrons. The second kappa shape index (κ2) is 6.54. The van der Waals surface area contributed by atoms with Gasteiger partial charge in [-0.2, -0.15) is 0 Å². The van der Waals surface area contributed by atoms with E-state index >= 15 is 0 Å². The Hall–Kier alpha value is 1.03. The van der Waals surface area contributed by atoms with E-state index in [4.69, 9.17) is 15.1 Å². The second-order valence-electron chi connectivity index (χ2n) is 1.60. The van der Waals surface area contributed by atoms with Crippen LogP contribution in [0.25, 0.3) is 0 Å². The molecular weight excluding hydrogens is 186 g/mol. The molecule has 0 rings (SSSR count). The van der Waals surface area contributed by atoms with Crippen molar-refractivity contribution < 1.29 is 58.6 Å². The van der Waals surface area contributed by atoms with E-state index in [0.717, 1.165) is 0 Å². The Labute approximate surface area is 85.7 Å². The molecule has 0 spiro atoms. The van der Waals surface area contributed by atoms with Gasteiger partial charge in [-0.25, -0.2) is 0 Å². The molecule has 6 nitrogen and oxygen atoms in total. The Morgan fingerprint density at radius 2 is 2.09 bits per heavy atom. The van der Waals surface area contributed by atoms with Crippen molar-refractivity contribution in [3.05, 3.63) is 0 Å². The first-order valence-electron chi connectivity index (χ1n) is 2.43. The van der Waals surface area contributed by atoms with E-state index in [2.05, 4.69) is 4.52 Å². The number of phosphoric acid groups is 1. The van der Waals surface area contributed by atoms with Crippen LogP contribution in [0.2, 0.25) is 0 Å². The molecule has 0 aliphatic heterocycles. The van der Waals surface area contributed by atoms with E-state index in [0.29, 0.717) is 0 Å². The topological polar surface area (TPSA) is 110 Å². The molecule has 2 atom stereocenters. The summed E-state index contributed by atoms with van der Waals surface area (Å²) in [5, 5.41) is 16.6. The van der Waals surface area contributed by atoms with Crippen LogP contribution in [0.1, 0.15) is 0 Å². The molecule has 0 saturated heterocycles. The molecule has 0 amide bonds. The van der Waals surface area contributed by atoms with Crippen LogP contribution in [0.3, 0.4) is 0 Å². The third kappa shape index (κ3) is 11.0. The van der Waals surface area contributed by atoms with E-state index in [1.165, 1.54) is 0 Å².